The fourth-order valence-electron chi connectivity index (χ4n) is 4.49. The van der Waals surface area contributed by atoms with Gasteiger partial charge in [-0.15, -0.1) is 10.2 Å². The normalized spacial score (nSPS) is 18.1. The van der Waals surface area contributed by atoms with Crippen molar-refractivity contribution in [3.05, 3.63) is 30.5 Å². The van der Waals surface area contributed by atoms with Crippen molar-refractivity contribution in [3.8, 4) is 11.5 Å². The first-order chi connectivity index (χ1) is 17.6. The zero-order valence-corrected chi connectivity index (χ0v) is 20.2. The standard InChI is InChI=1S/C25H27N7O4/c1-26-23-22-17(10-21(30-31-22)29-24(33)14-3-4-14)18(11-27-23)25-28-19-9-15(5-6-20(19)36-25)32-7-8-35-16(12-32)13-34-2/h5-6,9-11,14,16H,3-4,7-8,12-13H2,1-2H3,(H,26,27)(H,29,30,33). The number of nitrogens with zero attached hydrogens (tertiary/aromatic N) is 5. The van der Waals surface area contributed by atoms with E-state index >= 15 is 0 Å². The highest BCUT2D eigenvalue weighted by molar-refractivity contribution is 6.01. The summed E-state index contributed by atoms with van der Waals surface area (Å²) in [6, 6.07) is 7.78. The molecule has 0 radical (unpaired) electrons. The smallest absolute Gasteiger partial charge is 0.229 e. The predicted octanol–water partition coefficient (Wildman–Crippen LogP) is 3.07. The molecule has 2 aliphatic rings. The van der Waals surface area contributed by atoms with Crippen LogP contribution in [0.2, 0.25) is 0 Å². The molecular weight excluding hydrogens is 462 g/mol. The van der Waals surface area contributed by atoms with Crippen molar-refractivity contribution >= 4 is 45.2 Å². The van der Waals surface area contributed by atoms with Gasteiger partial charge in [0.25, 0.3) is 0 Å². The van der Waals surface area contributed by atoms with Gasteiger partial charge in [0.15, 0.2) is 17.2 Å². The Bertz CT molecular complexity index is 1430. The van der Waals surface area contributed by atoms with Crippen molar-refractivity contribution in [1.82, 2.24) is 20.2 Å². The van der Waals surface area contributed by atoms with Gasteiger partial charge in [0.1, 0.15) is 11.0 Å². The minimum absolute atomic E-state index is 0.0293. The van der Waals surface area contributed by atoms with Crippen LogP contribution in [0.4, 0.5) is 17.3 Å². The third-order valence-electron chi connectivity index (χ3n) is 6.53. The van der Waals surface area contributed by atoms with Gasteiger partial charge in [0, 0.05) is 50.4 Å². The molecular formula is C25H27N7O4. The lowest BCUT2D eigenvalue weighted by molar-refractivity contribution is -0.117. The number of benzene rings is 1. The van der Waals surface area contributed by atoms with Gasteiger partial charge in [-0.2, -0.15) is 0 Å². The summed E-state index contributed by atoms with van der Waals surface area (Å²) >= 11 is 0. The largest absolute Gasteiger partial charge is 0.436 e. The molecule has 4 aromatic rings. The number of aromatic nitrogens is 4. The number of ether oxygens (including phenoxy) is 2. The topological polar surface area (TPSA) is 128 Å². The Hall–Kier alpha value is -3.83. The molecule has 36 heavy (non-hydrogen) atoms. The quantitative estimate of drug-likeness (QED) is 0.400. The van der Waals surface area contributed by atoms with Crippen LogP contribution in [-0.2, 0) is 14.3 Å². The number of morpholine rings is 1. The van der Waals surface area contributed by atoms with Crippen LogP contribution >= 0.6 is 0 Å². The fraction of sp³-hybridized carbons (Fsp3) is 0.400. The molecule has 1 atom stereocenters. The molecule has 11 nitrogen and oxygen atoms in total. The number of fused-ring (bicyclic) bond motifs is 2. The third kappa shape index (κ3) is 4.31. The van der Waals surface area contributed by atoms with Gasteiger partial charge in [-0.1, -0.05) is 0 Å². The Labute approximate surface area is 207 Å². The van der Waals surface area contributed by atoms with E-state index < -0.39 is 0 Å². The maximum absolute atomic E-state index is 12.3. The maximum Gasteiger partial charge on any atom is 0.229 e. The van der Waals surface area contributed by atoms with E-state index in [1.165, 1.54) is 0 Å². The number of amides is 1. The van der Waals surface area contributed by atoms with E-state index in [0.29, 0.717) is 47.4 Å². The summed E-state index contributed by atoms with van der Waals surface area (Å²) in [6.45, 7) is 2.75. The fourth-order valence-corrected chi connectivity index (χ4v) is 4.49. The van der Waals surface area contributed by atoms with E-state index in [2.05, 4.69) is 30.7 Å². The predicted molar refractivity (Wildman–Crippen MR) is 135 cm³/mol. The SMILES string of the molecule is CNc1ncc(-c2nc3cc(N4CCOC(COC)C4)ccc3o2)c2cc(NC(=O)C3CC3)nnc12. The lowest BCUT2D eigenvalue weighted by Crippen LogP contribution is -2.44. The molecule has 4 heterocycles. The van der Waals surface area contributed by atoms with Crippen LogP contribution in [0.15, 0.2) is 34.9 Å². The van der Waals surface area contributed by atoms with E-state index in [9.17, 15) is 4.79 Å². The molecule has 6 rings (SSSR count). The number of hydrogen-bond donors (Lipinski definition) is 2. The van der Waals surface area contributed by atoms with Crippen molar-refractivity contribution in [2.45, 2.75) is 18.9 Å². The zero-order chi connectivity index (χ0) is 24.6. The summed E-state index contributed by atoms with van der Waals surface area (Å²) in [6.07, 6.45) is 3.56. The van der Waals surface area contributed by atoms with Gasteiger partial charge in [-0.25, -0.2) is 9.97 Å². The van der Waals surface area contributed by atoms with Gasteiger partial charge >= 0.3 is 0 Å². The molecule has 1 aliphatic heterocycles. The van der Waals surface area contributed by atoms with Crippen LogP contribution < -0.4 is 15.5 Å². The monoisotopic (exact) mass is 489 g/mol. The highest BCUT2D eigenvalue weighted by Crippen LogP contribution is 2.35. The summed E-state index contributed by atoms with van der Waals surface area (Å²) in [5, 5.41) is 15.2. The number of methoxy groups -OCH3 is 1. The van der Waals surface area contributed by atoms with Gasteiger partial charge in [0.2, 0.25) is 11.8 Å². The summed E-state index contributed by atoms with van der Waals surface area (Å²) < 4.78 is 17.2. The number of nitrogens with one attached hydrogen (secondary N) is 2. The van der Waals surface area contributed by atoms with E-state index in [0.717, 1.165) is 42.5 Å². The van der Waals surface area contributed by atoms with Crippen LogP contribution in [0.3, 0.4) is 0 Å². The first kappa shape index (κ1) is 22.6. The van der Waals surface area contributed by atoms with Crippen LogP contribution in [0, 0.1) is 5.92 Å². The number of pyridine rings is 1. The Kier molecular flexibility index (Phi) is 5.86. The van der Waals surface area contributed by atoms with Crippen molar-refractivity contribution in [2.75, 3.05) is 56.0 Å². The molecule has 2 fully saturated rings. The first-order valence-corrected chi connectivity index (χ1v) is 12.0. The Morgan fingerprint density at radius 1 is 1.25 bits per heavy atom. The molecule has 0 spiro atoms. The summed E-state index contributed by atoms with van der Waals surface area (Å²) in [5.41, 5.74) is 3.71. The van der Waals surface area contributed by atoms with Gasteiger partial charge in [-0.05, 0) is 37.1 Å². The lowest BCUT2D eigenvalue weighted by atomic mass is 10.1. The second-order valence-corrected chi connectivity index (χ2v) is 9.09. The zero-order valence-electron chi connectivity index (χ0n) is 20.2. The number of carbonyl (C=O) groups excluding carboxylic acids is 1. The molecule has 3 aromatic heterocycles. The van der Waals surface area contributed by atoms with Crippen LogP contribution in [0.5, 0.6) is 0 Å². The van der Waals surface area contributed by atoms with E-state index in [4.69, 9.17) is 18.9 Å². The number of oxazole rings is 1. The van der Waals surface area contributed by atoms with Crippen LogP contribution in [0.1, 0.15) is 12.8 Å². The lowest BCUT2D eigenvalue weighted by Gasteiger charge is -2.34. The second kappa shape index (κ2) is 9.32. The average Bonchev–Trinajstić information content (AvgIpc) is 3.67. The molecule has 1 aliphatic carbocycles. The molecule has 1 saturated carbocycles. The molecule has 1 amide bonds. The Balaban J connectivity index is 1.36. The Morgan fingerprint density at radius 3 is 2.94 bits per heavy atom. The second-order valence-electron chi connectivity index (χ2n) is 9.09. The number of carbonyl (C=O) groups is 1. The minimum Gasteiger partial charge on any atom is -0.436 e. The van der Waals surface area contributed by atoms with Gasteiger partial charge in [0.05, 0.1) is 24.9 Å². The van der Waals surface area contributed by atoms with Crippen molar-refractivity contribution in [3.63, 3.8) is 0 Å². The molecule has 0 bridgehead atoms. The van der Waals surface area contributed by atoms with Crippen LogP contribution in [0.25, 0.3) is 33.5 Å². The Morgan fingerprint density at radius 2 is 2.14 bits per heavy atom. The van der Waals surface area contributed by atoms with Crippen molar-refractivity contribution < 1.29 is 18.7 Å². The molecule has 186 valence electrons. The van der Waals surface area contributed by atoms with E-state index in [1.807, 2.05) is 18.2 Å². The van der Waals surface area contributed by atoms with Gasteiger partial charge in [-0.3, -0.25) is 4.79 Å². The molecule has 11 heteroatoms. The number of rotatable bonds is 7. The molecule has 1 aromatic carbocycles. The number of anilines is 3. The third-order valence-corrected chi connectivity index (χ3v) is 6.53. The number of hydrogen-bond acceptors (Lipinski definition) is 10. The van der Waals surface area contributed by atoms with E-state index in [-0.39, 0.29) is 17.9 Å². The van der Waals surface area contributed by atoms with Crippen molar-refractivity contribution in [1.29, 1.82) is 0 Å². The highest BCUT2D eigenvalue weighted by atomic mass is 16.5. The van der Waals surface area contributed by atoms with E-state index in [1.54, 1.807) is 26.4 Å². The maximum atomic E-state index is 12.3. The summed E-state index contributed by atoms with van der Waals surface area (Å²) in [5.74, 6) is 1.44. The van der Waals surface area contributed by atoms with Crippen LogP contribution in [-0.4, -0.2) is 72.6 Å². The average molecular weight is 490 g/mol. The minimum atomic E-state index is -0.0293. The first-order valence-electron chi connectivity index (χ1n) is 12.0. The summed E-state index contributed by atoms with van der Waals surface area (Å²) in [7, 11) is 3.46. The molecule has 2 N–H and O–H groups in total. The van der Waals surface area contributed by atoms with Crippen molar-refractivity contribution in [2.24, 2.45) is 5.92 Å². The highest BCUT2D eigenvalue weighted by Gasteiger charge is 2.30. The molecule has 1 saturated heterocycles. The molecule has 1 unspecified atom stereocenters. The summed E-state index contributed by atoms with van der Waals surface area (Å²) in [4.78, 5) is 23.8. The van der Waals surface area contributed by atoms with Gasteiger partial charge < -0.3 is 29.4 Å².